The topological polar surface area (TPSA) is 83.9 Å². The lowest BCUT2D eigenvalue weighted by molar-refractivity contribution is -0.142. The maximum atomic E-state index is 13.7. The van der Waals surface area contributed by atoms with Crippen LogP contribution < -0.4 is 4.74 Å². The smallest absolute Gasteiger partial charge is 0.307 e. The molecule has 1 heterocycles. The second-order valence-corrected chi connectivity index (χ2v) is 6.77. The first-order valence-corrected chi connectivity index (χ1v) is 7.86. The molecule has 0 amide bonds. The number of halogens is 1. The van der Waals surface area contributed by atoms with Crippen molar-refractivity contribution < 1.29 is 27.4 Å². The molecule has 1 aromatic rings. The Kier molecular flexibility index (Phi) is 4.48. The summed E-state index contributed by atoms with van der Waals surface area (Å²) in [5.74, 6) is -2.56. The average Bonchev–Trinajstić information content (AvgIpc) is 2.47. The summed E-state index contributed by atoms with van der Waals surface area (Å²) in [4.78, 5) is 10.8. The Hall–Kier alpha value is -1.67. The molecule has 0 unspecified atom stereocenters. The molecule has 1 N–H and O–H groups in total. The van der Waals surface area contributed by atoms with E-state index in [1.54, 1.807) is 0 Å². The number of carboxylic acids is 1. The van der Waals surface area contributed by atoms with E-state index in [9.17, 15) is 17.6 Å². The number of hydrogen-bond donors (Lipinski definition) is 1. The summed E-state index contributed by atoms with van der Waals surface area (Å²) in [5.41, 5.74) is 0. The fourth-order valence-corrected chi connectivity index (χ4v) is 3.86. The van der Waals surface area contributed by atoms with Crippen molar-refractivity contribution in [3.8, 4) is 5.75 Å². The minimum atomic E-state index is -3.90. The number of sulfonamides is 1. The highest BCUT2D eigenvalue weighted by Gasteiger charge is 2.33. The molecule has 1 aliphatic rings. The summed E-state index contributed by atoms with van der Waals surface area (Å²) in [6.07, 6.45) is 0.910. The van der Waals surface area contributed by atoms with E-state index in [1.165, 1.54) is 19.2 Å². The van der Waals surface area contributed by atoms with E-state index in [0.29, 0.717) is 12.8 Å². The number of piperidine rings is 1. The Morgan fingerprint density at radius 3 is 2.76 bits per heavy atom. The number of methoxy groups -OCH3 is 1. The van der Waals surface area contributed by atoms with Crippen LogP contribution in [0.25, 0.3) is 0 Å². The Labute approximate surface area is 122 Å². The maximum absolute atomic E-state index is 13.7. The van der Waals surface area contributed by atoms with Crippen molar-refractivity contribution in [1.29, 1.82) is 0 Å². The van der Waals surface area contributed by atoms with Crippen LogP contribution in [-0.4, -0.2) is 44.0 Å². The minimum absolute atomic E-state index is 0.0454. The molecule has 1 atom stereocenters. The fourth-order valence-electron chi connectivity index (χ4n) is 2.32. The normalized spacial score (nSPS) is 20.2. The van der Waals surface area contributed by atoms with E-state index in [1.807, 2.05) is 0 Å². The van der Waals surface area contributed by atoms with E-state index >= 15 is 0 Å². The number of hydrogen-bond acceptors (Lipinski definition) is 4. The summed E-state index contributed by atoms with van der Waals surface area (Å²) in [6.45, 7) is 0.144. The van der Waals surface area contributed by atoms with Crippen molar-refractivity contribution in [1.82, 2.24) is 4.31 Å². The van der Waals surface area contributed by atoms with Gasteiger partial charge >= 0.3 is 5.97 Å². The van der Waals surface area contributed by atoms with Gasteiger partial charge in [-0.25, -0.2) is 12.8 Å². The van der Waals surface area contributed by atoms with Crippen molar-refractivity contribution in [2.45, 2.75) is 17.7 Å². The number of carbonyl (C=O) groups is 1. The quantitative estimate of drug-likeness (QED) is 0.905. The van der Waals surface area contributed by atoms with Crippen LogP contribution in [0.5, 0.6) is 5.75 Å². The Morgan fingerprint density at radius 1 is 1.48 bits per heavy atom. The summed E-state index contributed by atoms with van der Waals surface area (Å²) in [5, 5.41) is 9.01. The SMILES string of the molecule is COc1ccc(S(=O)(=O)N2CCC[C@@H](C(=O)O)C2)cc1F. The van der Waals surface area contributed by atoms with E-state index in [4.69, 9.17) is 9.84 Å². The van der Waals surface area contributed by atoms with Crippen LogP contribution in [0.1, 0.15) is 12.8 Å². The zero-order valence-electron chi connectivity index (χ0n) is 11.5. The highest BCUT2D eigenvalue weighted by atomic mass is 32.2. The first kappa shape index (κ1) is 15.7. The molecule has 0 spiro atoms. The zero-order chi connectivity index (χ0) is 15.6. The fraction of sp³-hybridized carbons (Fsp3) is 0.462. The number of carboxylic acid groups (broad SMARTS) is 1. The van der Waals surface area contributed by atoms with Crippen LogP contribution >= 0.6 is 0 Å². The molecule has 21 heavy (non-hydrogen) atoms. The van der Waals surface area contributed by atoms with Crippen LogP contribution in [-0.2, 0) is 14.8 Å². The van der Waals surface area contributed by atoms with Gasteiger partial charge in [0, 0.05) is 13.1 Å². The second kappa shape index (κ2) is 5.98. The second-order valence-electron chi connectivity index (χ2n) is 4.84. The van der Waals surface area contributed by atoms with E-state index in [-0.39, 0.29) is 23.7 Å². The van der Waals surface area contributed by atoms with Crippen LogP contribution in [0.2, 0.25) is 0 Å². The van der Waals surface area contributed by atoms with Gasteiger partial charge in [0.15, 0.2) is 11.6 Å². The highest BCUT2D eigenvalue weighted by Crippen LogP contribution is 2.26. The number of benzene rings is 1. The molecule has 6 nitrogen and oxygen atoms in total. The van der Waals surface area contributed by atoms with Crippen molar-refractivity contribution >= 4 is 16.0 Å². The molecule has 1 aliphatic heterocycles. The van der Waals surface area contributed by atoms with Gasteiger partial charge in [-0.05, 0) is 31.0 Å². The predicted octanol–water partition coefficient (Wildman–Crippen LogP) is 1.32. The molecule has 0 aromatic heterocycles. The monoisotopic (exact) mass is 317 g/mol. The van der Waals surface area contributed by atoms with Crippen LogP contribution in [0.15, 0.2) is 23.1 Å². The van der Waals surface area contributed by atoms with Gasteiger partial charge < -0.3 is 9.84 Å². The molecular weight excluding hydrogens is 301 g/mol. The average molecular weight is 317 g/mol. The van der Waals surface area contributed by atoms with E-state index < -0.39 is 27.7 Å². The number of rotatable bonds is 4. The van der Waals surface area contributed by atoms with Crippen LogP contribution in [0, 0.1) is 11.7 Å². The van der Waals surface area contributed by atoms with Crippen molar-refractivity contribution in [3.05, 3.63) is 24.0 Å². The molecule has 0 saturated carbocycles. The third-order valence-electron chi connectivity index (χ3n) is 3.49. The van der Waals surface area contributed by atoms with Crippen molar-refractivity contribution in [2.75, 3.05) is 20.2 Å². The minimum Gasteiger partial charge on any atom is -0.494 e. The van der Waals surface area contributed by atoms with E-state index in [0.717, 1.165) is 10.4 Å². The molecule has 1 fully saturated rings. The summed E-state index contributed by atoms with van der Waals surface area (Å²) < 4.78 is 44.4. The number of ether oxygens (including phenoxy) is 1. The molecule has 0 bridgehead atoms. The number of nitrogens with zero attached hydrogens (tertiary/aromatic N) is 1. The first-order chi connectivity index (χ1) is 9.86. The molecule has 8 heteroatoms. The van der Waals surface area contributed by atoms with Gasteiger partial charge in [-0.2, -0.15) is 4.31 Å². The third kappa shape index (κ3) is 3.16. The van der Waals surface area contributed by atoms with Crippen molar-refractivity contribution in [2.24, 2.45) is 5.92 Å². The highest BCUT2D eigenvalue weighted by molar-refractivity contribution is 7.89. The van der Waals surface area contributed by atoms with Gasteiger partial charge in [0.05, 0.1) is 17.9 Å². The lowest BCUT2D eigenvalue weighted by Crippen LogP contribution is -2.42. The third-order valence-corrected chi connectivity index (χ3v) is 5.36. The lowest BCUT2D eigenvalue weighted by Gasteiger charge is -2.29. The molecule has 2 rings (SSSR count). The summed E-state index contributed by atoms with van der Waals surface area (Å²) in [7, 11) is -2.62. The Morgan fingerprint density at radius 2 is 2.19 bits per heavy atom. The molecule has 1 saturated heterocycles. The summed E-state index contributed by atoms with van der Waals surface area (Å²) in [6, 6.07) is 3.38. The molecule has 0 radical (unpaired) electrons. The Bertz CT molecular complexity index is 646. The first-order valence-electron chi connectivity index (χ1n) is 6.42. The predicted molar refractivity (Wildman–Crippen MR) is 72.1 cm³/mol. The number of aliphatic carboxylic acids is 1. The molecule has 0 aliphatic carbocycles. The van der Waals surface area contributed by atoms with Crippen LogP contribution in [0.4, 0.5) is 4.39 Å². The van der Waals surface area contributed by atoms with Gasteiger partial charge in [0.25, 0.3) is 0 Å². The standard InChI is InChI=1S/C13H16FNO5S/c1-20-12-5-4-10(7-11(12)14)21(18,19)15-6-2-3-9(8-15)13(16)17/h4-5,7,9H,2-3,6,8H2,1H3,(H,16,17)/t9-/m1/s1. The van der Waals surface area contributed by atoms with Gasteiger partial charge in [-0.15, -0.1) is 0 Å². The zero-order valence-corrected chi connectivity index (χ0v) is 12.3. The van der Waals surface area contributed by atoms with Crippen molar-refractivity contribution in [3.63, 3.8) is 0 Å². The van der Waals surface area contributed by atoms with Crippen LogP contribution in [0.3, 0.4) is 0 Å². The molecular formula is C13H16FNO5S. The largest absolute Gasteiger partial charge is 0.494 e. The van der Waals surface area contributed by atoms with Gasteiger partial charge in [-0.3, -0.25) is 4.79 Å². The summed E-state index contributed by atoms with van der Waals surface area (Å²) >= 11 is 0. The van der Waals surface area contributed by atoms with Gasteiger partial charge in [-0.1, -0.05) is 0 Å². The van der Waals surface area contributed by atoms with E-state index in [2.05, 4.69) is 0 Å². The maximum Gasteiger partial charge on any atom is 0.307 e. The molecule has 116 valence electrons. The lowest BCUT2D eigenvalue weighted by atomic mass is 10.0. The van der Waals surface area contributed by atoms with Gasteiger partial charge in [0.1, 0.15) is 0 Å². The molecule has 1 aromatic carbocycles. The van der Waals surface area contributed by atoms with Gasteiger partial charge in [0.2, 0.25) is 10.0 Å². The Balaban J connectivity index is 2.29.